The Balaban J connectivity index is 1.50. The topological polar surface area (TPSA) is 82.5 Å². The van der Waals surface area contributed by atoms with Gasteiger partial charge in [-0.1, -0.05) is 15.9 Å². The Morgan fingerprint density at radius 3 is 2.61 bits per heavy atom. The van der Waals surface area contributed by atoms with Crippen molar-refractivity contribution in [2.75, 3.05) is 31.4 Å². The maximum absolute atomic E-state index is 10.3. The molecule has 0 saturated heterocycles. The molecule has 1 fully saturated rings. The molecule has 152 valence electrons. The summed E-state index contributed by atoms with van der Waals surface area (Å²) >= 11 is 3.47. The molecule has 0 aliphatic heterocycles. The second kappa shape index (κ2) is 9.43. The van der Waals surface area contributed by atoms with Gasteiger partial charge >= 0.3 is 0 Å². The van der Waals surface area contributed by atoms with Crippen LogP contribution in [0.5, 0.6) is 11.5 Å². The second-order valence-electron chi connectivity index (χ2n) is 7.32. The summed E-state index contributed by atoms with van der Waals surface area (Å²) in [7, 11) is 5.51. The average Bonchev–Trinajstić information content (AvgIpc) is 2.69. The molecule has 0 spiro atoms. The number of nitrogens with one attached hydrogen (secondary N) is 2. The van der Waals surface area contributed by atoms with Crippen LogP contribution in [0.25, 0.3) is 0 Å². The number of phenolic OH excluding ortho intramolecular Hbond substituents is 1. The first-order valence-corrected chi connectivity index (χ1v) is 10.3. The molecule has 1 aromatic heterocycles. The standard InChI is InChI=1S/C20H28BrN5O2/c1-26(2)18-8-9-22-20(25-18)24-16-6-4-15(5-7-16)23-12-13-10-14(21)11-17(28-3)19(13)27/h8-11,15-16,23,27H,4-7,12H2,1-3H3,(H,22,24,25). The first kappa shape index (κ1) is 20.7. The zero-order valence-electron chi connectivity index (χ0n) is 16.6. The average molecular weight is 450 g/mol. The summed E-state index contributed by atoms with van der Waals surface area (Å²) in [4.78, 5) is 10.8. The molecule has 0 radical (unpaired) electrons. The number of phenols is 1. The molecule has 1 aromatic carbocycles. The Labute approximate surface area is 174 Å². The van der Waals surface area contributed by atoms with Crippen LogP contribution in [0, 0.1) is 0 Å². The molecule has 3 rings (SSSR count). The molecule has 3 N–H and O–H groups in total. The molecule has 1 saturated carbocycles. The van der Waals surface area contributed by atoms with E-state index in [9.17, 15) is 5.11 Å². The van der Waals surface area contributed by atoms with Crippen molar-refractivity contribution in [1.82, 2.24) is 15.3 Å². The number of rotatable bonds is 7. The van der Waals surface area contributed by atoms with E-state index in [-0.39, 0.29) is 5.75 Å². The zero-order valence-corrected chi connectivity index (χ0v) is 18.2. The van der Waals surface area contributed by atoms with Crippen molar-refractivity contribution in [2.45, 2.75) is 44.3 Å². The van der Waals surface area contributed by atoms with Gasteiger partial charge in [-0.2, -0.15) is 4.98 Å². The quantitative estimate of drug-likeness (QED) is 0.595. The Kier molecular flexibility index (Phi) is 6.96. The summed E-state index contributed by atoms with van der Waals surface area (Å²) in [6, 6.07) is 6.40. The summed E-state index contributed by atoms with van der Waals surface area (Å²) in [6.45, 7) is 0.610. The van der Waals surface area contributed by atoms with Crippen LogP contribution in [0.2, 0.25) is 0 Å². The maximum atomic E-state index is 10.3. The zero-order chi connectivity index (χ0) is 20.1. The van der Waals surface area contributed by atoms with Crippen LogP contribution in [-0.4, -0.2) is 48.4 Å². The molecule has 0 amide bonds. The fourth-order valence-electron chi connectivity index (χ4n) is 3.47. The number of aromatic nitrogens is 2. The van der Waals surface area contributed by atoms with Gasteiger partial charge in [0.15, 0.2) is 11.5 Å². The Hall–Kier alpha value is -2.06. The normalized spacial score (nSPS) is 19.3. The van der Waals surface area contributed by atoms with Gasteiger partial charge in [-0.05, 0) is 43.9 Å². The van der Waals surface area contributed by atoms with Crippen molar-refractivity contribution in [3.05, 3.63) is 34.4 Å². The lowest BCUT2D eigenvalue weighted by Crippen LogP contribution is -2.37. The number of anilines is 2. The lowest BCUT2D eigenvalue weighted by Gasteiger charge is -2.30. The van der Waals surface area contributed by atoms with Crippen LogP contribution < -0.4 is 20.3 Å². The fourth-order valence-corrected chi connectivity index (χ4v) is 3.95. The predicted octanol–water partition coefficient (Wildman–Crippen LogP) is 3.53. The fraction of sp³-hybridized carbons (Fsp3) is 0.500. The predicted molar refractivity (Wildman–Crippen MR) is 115 cm³/mol. The van der Waals surface area contributed by atoms with E-state index < -0.39 is 0 Å². The minimum absolute atomic E-state index is 0.200. The largest absolute Gasteiger partial charge is 0.504 e. The molecule has 0 unspecified atom stereocenters. The summed E-state index contributed by atoms with van der Waals surface area (Å²) in [6.07, 6.45) is 6.03. The van der Waals surface area contributed by atoms with Crippen LogP contribution in [-0.2, 0) is 6.54 Å². The second-order valence-corrected chi connectivity index (χ2v) is 8.24. The number of benzene rings is 1. The highest BCUT2D eigenvalue weighted by Gasteiger charge is 2.22. The molecule has 28 heavy (non-hydrogen) atoms. The van der Waals surface area contributed by atoms with E-state index in [0.717, 1.165) is 41.5 Å². The van der Waals surface area contributed by atoms with Gasteiger partial charge in [-0.25, -0.2) is 4.98 Å². The molecule has 0 atom stereocenters. The number of hydrogen-bond donors (Lipinski definition) is 3. The summed E-state index contributed by atoms with van der Waals surface area (Å²) in [5, 5.41) is 17.3. The van der Waals surface area contributed by atoms with Crippen molar-refractivity contribution >= 4 is 27.7 Å². The number of nitrogens with zero attached hydrogens (tertiary/aromatic N) is 3. The number of aromatic hydroxyl groups is 1. The van der Waals surface area contributed by atoms with Gasteiger partial charge in [0.25, 0.3) is 0 Å². The van der Waals surface area contributed by atoms with E-state index in [0.29, 0.717) is 30.3 Å². The lowest BCUT2D eigenvalue weighted by atomic mass is 9.91. The Bertz CT molecular complexity index is 794. The number of hydrogen-bond acceptors (Lipinski definition) is 7. The Morgan fingerprint density at radius 2 is 1.93 bits per heavy atom. The van der Waals surface area contributed by atoms with Crippen molar-refractivity contribution in [3.63, 3.8) is 0 Å². The monoisotopic (exact) mass is 449 g/mol. The molecule has 0 bridgehead atoms. The van der Waals surface area contributed by atoms with Gasteiger partial charge < -0.3 is 25.4 Å². The Morgan fingerprint density at radius 1 is 1.21 bits per heavy atom. The third-order valence-corrected chi connectivity index (χ3v) is 5.54. The van der Waals surface area contributed by atoms with E-state index in [1.165, 1.54) is 0 Å². The van der Waals surface area contributed by atoms with Gasteiger partial charge in [-0.15, -0.1) is 0 Å². The van der Waals surface area contributed by atoms with Crippen LogP contribution in [0.3, 0.4) is 0 Å². The lowest BCUT2D eigenvalue weighted by molar-refractivity contribution is 0.344. The third kappa shape index (κ3) is 5.26. The number of halogens is 1. The maximum Gasteiger partial charge on any atom is 0.224 e. The van der Waals surface area contributed by atoms with E-state index >= 15 is 0 Å². The molecular weight excluding hydrogens is 422 g/mol. The number of methoxy groups -OCH3 is 1. The smallest absolute Gasteiger partial charge is 0.224 e. The molecule has 1 aliphatic carbocycles. The van der Waals surface area contributed by atoms with Crippen LogP contribution in [0.4, 0.5) is 11.8 Å². The van der Waals surface area contributed by atoms with Gasteiger partial charge in [0.2, 0.25) is 5.95 Å². The van der Waals surface area contributed by atoms with Crippen LogP contribution >= 0.6 is 15.9 Å². The van der Waals surface area contributed by atoms with Crippen molar-refractivity contribution in [2.24, 2.45) is 0 Å². The molecule has 8 heteroatoms. The van der Waals surface area contributed by atoms with Gasteiger partial charge in [0.1, 0.15) is 5.82 Å². The van der Waals surface area contributed by atoms with Gasteiger partial charge in [0, 0.05) is 49.0 Å². The third-order valence-electron chi connectivity index (χ3n) is 5.08. The minimum Gasteiger partial charge on any atom is -0.504 e. The molecule has 7 nitrogen and oxygen atoms in total. The highest BCUT2D eigenvalue weighted by atomic mass is 79.9. The first-order valence-electron chi connectivity index (χ1n) is 9.52. The minimum atomic E-state index is 0.200. The summed E-state index contributed by atoms with van der Waals surface area (Å²) < 4.78 is 6.12. The number of ether oxygens (including phenoxy) is 1. The van der Waals surface area contributed by atoms with Crippen molar-refractivity contribution in [1.29, 1.82) is 0 Å². The summed E-state index contributed by atoms with van der Waals surface area (Å²) in [5.41, 5.74) is 0.834. The summed E-state index contributed by atoms with van der Waals surface area (Å²) in [5.74, 6) is 2.27. The molecule has 1 aliphatic rings. The van der Waals surface area contributed by atoms with E-state index in [1.54, 1.807) is 19.4 Å². The van der Waals surface area contributed by atoms with E-state index in [1.807, 2.05) is 31.1 Å². The van der Waals surface area contributed by atoms with Gasteiger partial charge in [0.05, 0.1) is 7.11 Å². The highest BCUT2D eigenvalue weighted by molar-refractivity contribution is 9.10. The van der Waals surface area contributed by atoms with Crippen LogP contribution in [0.1, 0.15) is 31.2 Å². The van der Waals surface area contributed by atoms with Crippen molar-refractivity contribution < 1.29 is 9.84 Å². The SMILES string of the molecule is COc1cc(Br)cc(CNC2CCC(Nc3nccc(N(C)C)n3)CC2)c1O. The molecule has 2 aromatic rings. The molecule has 1 heterocycles. The highest BCUT2D eigenvalue weighted by Crippen LogP contribution is 2.33. The van der Waals surface area contributed by atoms with Crippen molar-refractivity contribution in [3.8, 4) is 11.5 Å². The first-order chi connectivity index (χ1) is 13.5. The van der Waals surface area contributed by atoms with E-state index in [2.05, 4.69) is 36.5 Å². The van der Waals surface area contributed by atoms with Gasteiger partial charge in [-0.3, -0.25) is 0 Å². The van der Waals surface area contributed by atoms with Crippen LogP contribution in [0.15, 0.2) is 28.9 Å². The van der Waals surface area contributed by atoms with E-state index in [4.69, 9.17) is 4.74 Å². The molecular formula is C20H28BrN5O2.